The summed E-state index contributed by atoms with van der Waals surface area (Å²) in [4.78, 5) is 2.43. The van der Waals surface area contributed by atoms with Crippen LogP contribution in [0.3, 0.4) is 0 Å². The molecule has 0 spiro atoms. The van der Waals surface area contributed by atoms with Gasteiger partial charge in [0.25, 0.3) is 0 Å². The minimum atomic E-state index is 0.514. The van der Waals surface area contributed by atoms with Gasteiger partial charge in [-0.05, 0) is 46.2 Å². The van der Waals surface area contributed by atoms with Crippen molar-refractivity contribution in [2.24, 2.45) is 13.0 Å². The maximum atomic E-state index is 4.37. The number of nitrogens with zero attached hydrogens (tertiary/aromatic N) is 3. The zero-order valence-corrected chi connectivity index (χ0v) is 11.4. The Labute approximate surface area is 104 Å². The Bertz CT molecular complexity index is 371. The molecule has 0 bridgehead atoms. The van der Waals surface area contributed by atoms with Crippen molar-refractivity contribution in [3.63, 3.8) is 0 Å². The Hall–Kier alpha value is -1.03. The average molecular weight is 236 g/mol. The SMILES string of the molecule is Cc1nn(C)cc1NC(C)C1CCCN(C)C1. The number of likely N-dealkylation sites (tertiary alicyclic amines) is 1. The summed E-state index contributed by atoms with van der Waals surface area (Å²) in [7, 11) is 4.19. The maximum absolute atomic E-state index is 4.37. The number of rotatable bonds is 3. The van der Waals surface area contributed by atoms with Crippen molar-refractivity contribution >= 4 is 5.69 Å². The van der Waals surface area contributed by atoms with Crippen molar-refractivity contribution in [3.8, 4) is 0 Å². The van der Waals surface area contributed by atoms with Crippen molar-refractivity contribution in [3.05, 3.63) is 11.9 Å². The number of aryl methyl sites for hydroxylation is 2. The van der Waals surface area contributed by atoms with Crippen LogP contribution in [0.15, 0.2) is 6.20 Å². The van der Waals surface area contributed by atoms with Gasteiger partial charge in [-0.25, -0.2) is 0 Å². The molecule has 17 heavy (non-hydrogen) atoms. The Morgan fingerprint density at radius 3 is 2.82 bits per heavy atom. The zero-order chi connectivity index (χ0) is 12.4. The summed E-state index contributed by atoms with van der Waals surface area (Å²) in [6.07, 6.45) is 4.72. The fourth-order valence-electron chi connectivity index (χ4n) is 2.72. The molecule has 0 aliphatic carbocycles. The normalized spacial score (nSPS) is 23.6. The van der Waals surface area contributed by atoms with Crippen LogP contribution in [0.4, 0.5) is 5.69 Å². The van der Waals surface area contributed by atoms with Crippen molar-refractivity contribution < 1.29 is 0 Å². The molecule has 1 aromatic rings. The van der Waals surface area contributed by atoms with Crippen molar-refractivity contribution in [1.29, 1.82) is 0 Å². The second-order valence-corrected chi connectivity index (χ2v) is 5.40. The van der Waals surface area contributed by atoms with Gasteiger partial charge < -0.3 is 10.2 Å². The van der Waals surface area contributed by atoms with Gasteiger partial charge in [-0.3, -0.25) is 4.68 Å². The van der Waals surface area contributed by atoms with Crippen LogP contribution in [0.5, 0.6) is 0 Å². The number of hydrogen-bond acceptors (Lipinski definition) is 3. The highest BCUT2D eigenvalue weighted by Gasteiger charge is 2.23. The summed E-state index contributed by atoms with van der Waals surface area (Å²) in [5, 5.41) is 7.98. The van der Waals surface area contributed by atoms with E-state index in [9.17, 15) is 0 Å². The third-order valence-electron chi connectivity index (χ3n) is 3.76. The molecule has 0 radical (unpaired) electrons. The molecule has 1 fully saturated rings. The lowest BCUT2D eigenvalue weighted by atomic mass is 9.92. The summed E-state index contributed by atoms with van der Waals surface area (Å²) >= 11 is 0. The molecule has 1 aromatic heterocycles. The molecule has 2 atom stereocenters. The molecule has 1 saturated heterocycles. The molecule has 0 saturated carbocycles. The predicted molar refractivity (Wildman–Crippen MR) is 71.3 cm³/mol. The highest BCUT2D eigenvalue weighted by molar-refractivity contribution is 5.46. The number of nitrogens with one attached hydrogen (secondary N) is 1. The number of hydrogen-bond donors (Lipinski definition) is 1. The first-order chi connectivity index (χ1) is 8.06. The summed E-state index contributed by atoms with van der Waals surface area (Å²) in [6.45, 7) is 6.79. The van der Waals surface area contributed by atoms with Crippen molar-refractivity contribution in [1.82, 2.24) is 14.7 Å². The molecule has 0 aromatic carbocycles. The lowest BCUT2D eigenvalue weighted by molar-refractivity contribution is 0.197. The molecular weight excluding hydrogens is 212 g/mol. The van der Waals surface area contributed by atoms with Crippen LogP contribution in [0.25, 0.3) is 0 Å². The van der Waals surface area contributed by atoms with E-state index in [1.165, 1.54) is 31.6 Å². The molecule has 4 nitrogen and oxygen atoms in total. The summed E-state index contributed by atoms with van der Waals surface area (Å²) in [6, 6.07) is 0.514. The molecular formula is C13H24N4. The number of anilines is 1. The average Bonchev–Trinajstić information content (AvgIpc) is 2.57. The Balaban J connectivity index is 1.96. The van der Waals surface area contributed by atoms with Crippen LogP contribution in [0.1, 0.15) is 25.5 Å². The van der Waals surface area contributed by atoms with Crippen LogP contribution in [-0.2, 0) is 7.05 Å². The first kappa shape index (κ1) is 12.4. The van der Waals surface area contributed by atoms with Crippen LogP contribution in [0.2, 0.25) is 0 Å². The Morgan fingerprint density at radius 1 is 1.47 bits per heavy atom. The van der Waals surface area contributed by atoms with E-state index in [1.54, 1.807) is 0 Å². The van der Waals surface area contributed by atoms with Gasteiger partial charge in [0.1, 0.15) is 0 Å². The zero-order valence-electron chi connectivity index (χ0n) is 11.4. The van der Waals surface area contributed by atoms with E-state index in [2.05, 4.69) is 42.4 Å². The van der Waals surface area contributed by atoms with Crippen LogP contribution >= 0.6 is 0 Å². The Kier molecular flexibility index (Phi) is 3.72. The van der Waals surface area contributed by atoms with E-state index in [4.69, 9.17) is 0 Å². The van der Waals surface area contributed by atoms with Crippen LogP contribution < -0.4 is 5.32 Å². The van der Waals surface area contributed by atoms with Gasteiger partial charge in [-0.1, -0.05) is 0 Å². The van der Waals surface area contributed by atoms with Gasteiger partial charge in [0, 0.05) is 25.8 Å². The van der Waals surface area contributed by atoms with E-state index in [1.807, 2.05) is 11.7 Å². The smallest absolute Gasteiger partial charge is 0.0825 e. The van der Waals surface area contributed by atoms with Gasteiger partial charge in [-0.2, -0.15) is 5.10 Å². The van der Waals surface area contributed by atoms with E-state index in [0.29, 0.717) is 6.04 Å². The minimum absolute atomic E-state index is 0.514. The third kappa shape index (κ3) is 3.00. The van der Waals surface area contributed by atoms with E-state index in [0.717, 1.165) is 11.6 Å². The third-order valence-corrected chi connectivity index (χ3v) is 3.76. The van der Waals surface area contributed by atoms with Gasteiger partial charge in [0.2, 0.25) is 0 Å². The molecule has 1 N–H and O–H groups in total. The molecule has 0 amide bonds. The fourth-order valence-corrected chi connectivity index (χ4v) is 2.72. The maximum Gasteiger partial charge on any atom is 0.0825 e. The lowest BCUT2D eigenvalue weighted by Crippen LogP contribution is -2.39. The van der Waals surface area contributed by atoms with Crippen LogP contribution in [-0.4, -0.2) is 40.9 Å². The van der Waals surface area contributed by atoms with E-state index >= 15 is 0 Å². The molecule has 96 valence electrons. The quantitative estimate of drug-likeness (QED) is 0.870. The van der Waals surface area contributed by atoms with Crippen molar-refractivity contribution in [2.75, 3.05) is 25.5 Å². The Morgan fingerprint density at radius 2 is 2.24 bits per heavy atom. The van der Waals surface area contributed by atoms with Crippen molar-refractivity contribution in [2.45, 2.75) is 32.7 Å². The summed E-state index contributed by atoms with van der Waals surface area (Å²) < 4.78 is 1.87. The van der Waals surface area contributed by atoms with Crippen LogP contribution in [0, 0.1) is 12.8 Å². The van der Waals surface area contributed by atoms with E-state index in [-0.39, 0.29) is 0 Å². The molecule has 1 aliphatic rings. The van der Waals surface area contributed by atoms with E-state index < -0.39 is 0 Å². The number of piperidine rings is 1. The monoisotopic (exact) mass is 236 g/mol. The highest BCUT2D eigenvalue weighted by Crippen LogP contribution is 2.22. The predicted octanol–water partition coefficient (Wildman–Crippen LogP) is 1.87. The highest BCUT2D eigenvalue weighted by atomic mass is 15.3. The molecule has 1 aliphatic heterocycles. The fraction of sp³-hybridized carbons (Fsp3) is 0.769. The first-order valence-corrected chi connectivity index (χ1v) is 6.51. The topological polar surface area (TPSA) is 33.1 Å². The van der Waals surface area contributed by atoms with Gasteiger partial charge in [0.05, 0.1) is 11.4 Å². The molecule has 4 heteroatoms. The number of aromatic nitrogens is 2. The second kappa shape index (κ2) is 5.08. The minimum Gasteiger partial charge on any atom is -0.380 e. The summed E-state index contributed by atoms with van der Waals surface area (Å²) in [5.74, 6) is 0.744. The first-order valence-electron chi connectivity index (χ1n) is 6.51. The van der Waals surface area contributed by atoms with Gasteiger partial charge in [0.15, 0.2) is 0 Å². The lowest BCUT2D eigenvalue weighted by Gasteiger charge is -2.34. The summed E-state index contributed by atoms with van der Waals surface area (Å²) in [5.41, 5.74) is 2.26. The largest absolute Gasteiger partial charge is 0.380 e. The molecule has 2 rings (SSSR count). The van der Waals surface area contributed by atoms with Gasteiger partial charge in [-0.15, -0.1) is 0 Å². The molecule has 2 unspecified atom stereocenters. The van der Waals surface area contributed by atoms with Gasteiger partial charge >= 0.3 is 0 Å². The standard InChI is InChI=1S/C13H24N4/c1-10(12-6-5-7-16(3)8-12)14-13-9-17(4)15-11(13)2/h9-10,12,14H,5-8H2,1-4H3. The molecule has 2 heterocycles. The second-order valence-electron chi connectivity index (χ2n) is 5.40.